The topological polar surface area (TPSA) is 64.3 Å². The van der Waals surface area contributed by atoms with Crippen LogP contribution in [0, 0.1) is 0 Å². The maximum Gasteiger partial charge on any atom is 0.246 e. The van der Waals surface area contributed by atoms with Crippen LogP contribution in [0.4, 0.5) is 0 Å². The quantitative estimate of drug-likeness (QED) is 0.738. The van der Waals surface area contributed by atoms with Crippen molar-refractivity contribution < 1.29 is 9.53 Å². The number of hydrogen-bond donors (Lipinski definition) is 2. The van der Waals surface area contributed by atoms with Gasteiger partial charge in [-0.15, -0.1) is 11.3 Å². The molecule has 0 aliphatic carbocycles. The summed E-state index contributed by atoms with van der Waals surface area (Å²) < 4.78 is 5.70. The molecule has 0 saturated heterocycles. The smallest absolute Gasteiger partial charge is 0.246 e. The van der Waals surface area contributed by atoms with Gasteiger partial charge in [0.05, 0.1) is 17.5 Å². The summed E-state index contributed by atoms with van der Waals surface area (Å²) in [6.07, 6.45) is 0. The van der Waals surface area contributed by atoms with Crippen LogP contribution in [-0.2, 0) is 16.1 Å². The van der Waals surface area contributed by atoms with Crippen molar-refractivity contribution in [1.29, 1.82) is 0 Å². The first-order valence-corrected chi connectivity index (χ1v) is 5.70. The second-order valence-electron chi connectivity index (χ2n) is 2.82. The zero-order valence-electron chi connectivity index (χ0n) is 8.16. The van der Waals surface area contributed by atoms with Gasteiger partial charge in [-0.25, -0.2) is 0 Å². The Balaban J connectivity index is 2.16. The summed E-state index contributed by atoms with van der Waals surface area (Å²) in [5, 5.41) is 2.72. The number of nitrogens with one attached hydrogen (secondary N) is 1. The van der Waals surface area contributed by atoms with Crippen LogP contribution < -0.4 is 11.1 Å². The van der Waals surface area contributed by atoms with Crippen molar-refractivity contribution in [3.63, 3.8) is 0 Å². The van der Waals surface area contributed by atoms with Gasteiger partial charge in [-0.05, 0) is 12.1 Å². The zero-order valence-corrected chi connectivity index (χ0v) is 9.74. The Morgan fingerprint density at radius 2 is 2.40 bits per heavy atom. The average molecular weight is 249 g/mol. The van der Waals surface area contributed by atoms with E-state index in [0.717, 1.165) is 9.21 Å². The minimum Gasteiger partial charge on any atom is -0.370 e. The van der Waals surface area contributed by atoms with Gasteiger partial charge in [0.1, 0.15) is 6.61 Å². The van der Waals surface area contributed by atoms with Gasteiger partial charge < -0.3 is 15.8 Å². The number of amides is 1. The van der Waals surface area contributed by atoms with Gasteiger partial charge in [-0.1, -0.05) is 11.6 Å². The van der Waals surface area contributed by atoms with Crippen molar-refractivity contribution in [3.8, 4) is 0 Å². The molecule has 0 spiro atoms. The van der Waals surface area contributed by atoms with E-state index in [1.54, 1.807) is 6.07 Å². The summed E-state index contributed by atoms with van der Waals surface area (Å²) in [6.45, 7) is 1.37. The summed E-state index contributed by atoms with van der Waals surface area (Å²) in [7, 11) is 0. The summed E-state index contributed by atoms with van der Waals surface area (Å²) in [4.78, 5) is 12.2. The largest absolute Gasteiger partial charge is 0.370 e. The Morgan fingerprint density at radius 3 is 3.00 bits per heavy atom. The Kier molecular flexibility index (Phi) is 5.63. The Labute approximate surface area is 97.4 Å². The van der Waals surface area contributed by atoms with Crippen molar-refractivity contribution in [2.75, 3.05) is 19.8 Å². The van der Waals surface area contributed by atoms with E-state index >= 15 is 0 Å². The highest BCUT2D eigenvalue weighted by Crippen LogP contribution is 2.20. The maximum atomic E-state index is 11.2. The minimum atomic E-state index is -0.145. The van der Waals surface area contributed by atoms with Crippen LogP contribution in [0.3, 0.4) is 0 Å². The number of carbonyl (C=O) groups excluding carboxylic acids is 1. The van der Waals surface area contributed by atoms with Crippen LogP contribution in [0.5, 0.6) is 0 Å². The lowest BCUT2D eigenvalue weighted by Crippen LogP contribution is -2.27. The van der Waals surface area contributed by atoms with Crippen molar-refractivity contribution >= 4 is 28.8 Å². The van der Waals surface area contributed by atoms with Crippen LogP contribution in [0.25, 0.3) is 0 Å². The molecule has 0 unspecified atom stereocenters. The lowest BCUT2D eigenvalue weighted by Gasteiger charge is -2.03. The van der Waals surface area contributed by atoms with E-state index in [9.17, 15) is 4.79 Å². The molecular weight excluding hydrogens is 236 g/mol. The molecule has 0 saturated carbocycles. The fourth-order valence-electron chi connectivity index (χ4n) is 0.932. The molecule has 0 atom stereocenters. The summed E-state index contributed by atoms with van der Waals surface area (Å²) in [5.74, 6) is -0.145. The third-order valence-electron chi connectivity index (χ3n) is 1.58. The molecule has 84 valence electrons. The molecule has 1 aromatic rings. The SMILES string of the molecule is NCCOCC(=O)NCc1ccc(Cl)s1. The van der Waals surface area contributed by atoms with Gasteiger partial charge in [0.25, 0.3) is 0 Å². The van der Waals surface area contributed by atoms with E-state index < -0.39 is 0 Å². The van der Waals surface area contributed by atoms with Crippen LogP contribution in [0.15, 0.2) is 12.1 Å². The highest BCUT2D eigenvalue weighted by molar-refractivity contribution is 7.16. The minimum absolute atomic E-state index is 0.0519. The number of nitrogens with two attached hydrogens (primary N) is 1. The van der Waals surface area contributed by atoms with E-state index in [0.29, 0.717) is 19.7 Å². The molecule has 15 heavy (non-hydrogen) atoms. The fourth-order valence-corrected chi connectivity index (χ4v) is 1.96. The van der Waals surface area contributed by atoms with E-state index in [4.69, 9.17) is 22.1 Å². The first kappa shape index (κ1) is 12.4. The molecule has 0 aliphatic rings. The van der Waals surface area contributed by atoms with Gasteiger partial charge in [0.15, 0.2) is 0 Å². The zero-order chi connectivity index (χ0) is 11.1. The van der Waals surface area contributed by atoms with E-state index in [1.807, 2.05) is 6.07 Å². The summed E-state index contributed by atoms with van der Waals surface area (Å²) >= 11 is 7.19. The third kappa shape index (κ3) is 5.13. The highest BCUT2D eigenvalue weighted by atomic mass is 35.5. The fraction of sp³-hybridized carbons (Fsp3) is 0.444. The number of ether oxygens (including phenoxy) is 1. The molecule has 1 aromatic heterocycles. The lowest BCUT2D eigenvalue weighted by molar-refractivity contribution is -0.125. The average Bonchev–Trinajstić information content (AvgIpc) is 2.62. The lowest BCUT2D eigenvalue weighted by atomic mass is 10.4. The number of rotatable bonds is 6. The molecule has 0 fully saturated rings. The van der Waals surface area contributed by atoms with E-state index in [-0.39, 0.29) is 12.5 Å². The van der Waals surface area contributed by atoms with Crippen molar-refractivity contribution in [3.05, 3.63) is 21.3 Å². The monoisotopic (exact) mass is 248 g/mol. The predicted octanol–water partition coefficient (Wildman–Crippen LogP) is 0.993. The van der Waals surface area contributed by atoms with E-state index in [2.05, 4.69) is 5.32 Å². The van der Waals surface area contributed by atoms with Gasteiger partial charge >= 0.3 is 0 Å². The first-order chi connectivity index (χ1) is 7.22. The molecule has 0 radical (unpaired) electrons. The van der Waals surface area contributed by atoms with Gasteiger partial charge in [-0.2, -0.15) is 0 Å². The molecule has 0 aliphatic heterocycles. The number of carbonyl (C=O) groups is 1. The van der Waals surface area contributed by atoms with Gasteiger partial charge in [0, 0.05) is 11.4 Å². The van der Waals surface area contributed by atoms with Crippen LogP contribution in [0.2, 0.25) is 4.34 Å². The standard InChI is InChI=1S/C9H13ClN2O2S/c10-8-2-1-7(15-8)5-12-9(13)6-14-4-3-11/h1-2H,3-6,11H2,(H,12,13). The Bertz CT molecular complexity index is 317. The molecule has 1 heterocycles. The second kappa shape index (κ2) is 6.79. The Hall–Kier alpha value is -0.620. The van der Waals surface area contributed by atoms with Crippen LogP contribution >= 0.6 is 22.9 Å². The number of halogens is 1. The van der Waals surface area contributed by atoms with Crippen molar-refractivity contribution in [2.45, 2.75) is 6.54 Å². The first-order valence-electron chi connectivity index (χ1n) is 4.51. The summed E-state index contributed by atoms with van der Waals surface area (Å²) in [6, 6.07) is 3.69. The molecule has 0 bridgehead atoms. The van der Waals surface area contributed by atoms with Crippen LogP contribution in [0.1, 0.15) is 4.88 Å². The van der Waals surface area contributed by atoms with Crippen molar-refractivity contribution in [1.82, 2.24) is 5.32 Å². The highest BCUT2D eigenvalue weighted by Gasteiger charge is 2.02. The molecule has 4 nitrogen and oxygen atoms in total. The molecular formula is C9H13ClN2O2S. The summed E-state index contributed by atoms with van der Waals surface area (Å²) in [5.41, 5.74) is 5.21. The van der Waals surface area contributed by atoms with Gasteiger partial charge in [-0.3, -0.25) is 4.79 Å². The molecule has 0 aromatic carbocycles. The predicted molar refractivity (Wildman–Crippen MR) is 61.0 cm³/mol. The van der Waals surface area contributed by atoms with E-state index in [1.165, 1.54) is 11.3 Å². The van der Waals surface area contributed by atoms with Gasteiger partial charge in [0.2, 0.25) is 5.91 Å². The number of hydrogen-bond acceptors (Lipinski definition) is 4. The normalized spacial score (nSPS) is 10.3. The second-order valence-corrected chi connectivity index (χ2v) is 4.62. The van der Waals surface area contributed by atoms with Crippen LogP contribution in [-0.4, -0.2) is 25.7 Å². The Morgan fingerprint density at radius 1 is 1.60 bits per heavy atom. The van der Waals surface area contributed by atoms with Crippen molar-refractivity contribution in [2.24, 2.45) is 5.73 Å². The molecule has 1 rings (SSSR count). The maximum absolute atomic E-state index is 11.2. The molecule has 3 N–H and O–H groups in total. The molecule has 6 heteroatoms. The molecule has 1 amide bonds. The third-order valence-corrected chi connectivity index (χ3v) is 2.82. The number of thiophene rings is 1.